The second kappa shape index (κ2) is 9.41. The van der Waals surface area contributed by atoms with E-state index in [4.69, 9.17) is 27.9 Å². The van der Waals surface area contributed by atoms with Crippen molar-refractivity contribution < 1.29 is 24.2 Å². The van der Waals surface area contributed by atoms with Gasteiger partial charge in [0.15, 0.2) is 0 Å². The van der Waals surface area contributed by atoms with Crippen molar-refractivity contribution in [2.75, 3.05) is 18.5 Å². The molecule has 1 heterocycles. The third-order valence-electron chi connectivity index (χ3n) is 4.71. The monoisotopic (exact) mass is 491 g/mol. The summed E-state index contributed by atoms with van der Waals surface area (Å²) >= 11 is 12.7. The van der Waals surface area contributed by atoms with Gasteiger partial charge in [-0.3, -0.25) is 19.4 Å². The highest BCUT2D eigenvalue weighted by Gasteiger charge is 2.38. The predicted octanol–water partition coefficient (Wildman–Crippen LogP) is 4.46. The number of anilines is 1. The fourth-order valence-electron chi connectivity index (χ4n) is 3.29. The molecule has 0 bridgehead atoms. The number of amides is 2. The summed E-state index contributed by atoms with van der Waals surface area (Å²) in [6, 6.07) is 11.5. The third-order valence-corrected chi connectivity index (χ3v) is 5.28. The van der Waals surface area contributed by atoms with Gasteiger partial charge in [-0.1, -0.05) is 41.4 Å². The minimum atomic E-state index is -1.41. The van der Waals surface area contributed by atoms with E-state index in [-0.39, 0.29) is 5.69 Å². The molecule has 33 heavy (non-hydrogen) atoms. The Hall–Kier alpha value is -3.10. The minimum absolute atomic E-state index is 0.283. The van der Waals surface area contributed by atoms with Crippen LogP contribution in [0.25, 0.3) is 0 Å². The van der Waals surface area contributed by atoms with Crippen molar-refractivity contribution in [1.29, 1.82) is 0 Å². The zero-order valence-electron chi connectivity index (χ0n) is 18.5. The van der Waals surface area contributed by atoms with Crippen LogP contribution < -0.4 is 4.90 Å². The van der Waals surface area contributed by atoms with Crippen LogP contribution in [0, 0.1) is 0 Å². The normalized spacial score (nSPS) is 15.9. The van der Waals surface area contributed by atoms with Crippen molar-refractivity contribution in [3.05, 3.63) is 63.6 Å². The van der Waals surface area contributed by atoms with Crippen LogP contribution in [0.5, 0.6) is 0 Å². The SMILES string of the molecule is CN(C(=O)OC(C)(C)C)C1N=C(c2ccccc2Cl)c2cc(Cl)ccc2N(CC(=O)O)C1=O. The van der Waals surface area contributed by atoms with E-state index in [1.165, 1.54) is 7.05 Å². The summed E-state index contributed by atoms with van der Waals surface area (Å²) < 4.78 is 5.40. The molecule has 0 fully saturated rings. The van der Waals surface area contributed by atoms with Gasteiger partial charge in [-0.25, -0.2) is 9.79 Å². The van der Waals surface area contributed by atoms with Crippen LogP contribution in [-0.4, -0.2) is 59.0 Å². The van der Waals surface area contributed by atoms with Crippen LogP contribution >= 0.6 is 23.2 Å². The molecule has 0 saturated heterocycles. The van der Waals surface area contributed by atoms with E-state index in [0.29, 0.717) is 26.9 Å². The number of carbonyl (C=O) groups is 3. The largest absolute Gasteiger partial charge is 0.480 e. The van der Waals surface area contributed by atoms with Crippen LogP contribution in [0.1, 0.15) is 31.9 Å². The molecule has 174 valence electrons. The predicted molar refractivity (Wildman–Crippen MR) is 126 cm³/mol. The lowest BCUT2D eigenvalue weighted by molar-refractivity contribution is -0.137. The maximum absolute atomic E-state index is 13.5. The van der Waals surface area contributed by atoms with Crippen molar-refractivity contribution in [1.82, 2.24) is 4.90 Å². The number of benzodiazepines with no additional fused rings is 1. The molecule has 0 saturated carbocycles. The first kappa shape index (κ1) is 24.5. The van der Waals surface area contributed by atoms with Gasteiger partial charge in [0.1, 0.15) is 12.1 Å². The maximum atomic E-state index is 13.5. The average Bonchev–Trinajstić information content (AvgIpc) is 2.82. The Bertz CT molecular complexity index is 1140. The zero-order valence-corrected chi connectivity index (χ0v) is 20.0. The number of rotatable bonds is 4. The molecule has 1 aliphatic rings. The summed E-state index contributed by atoms with van der Waals surface area (Å²) in [4.78, 5) is 44.6. The van der Waals surface area contributed by atoms with Crippen LogP contribution in [0.15, 0.2) is 47.5 Å². The number of likely N-dealkylation sites (N-methyl/N-ethyl adjacent to an activating group) is 1. The number of carboxylic acids is 1. The van der Waals surface area contributed by atoms with E-state index in [0.717, 1.165) is 9.80 Å². The van der Waals surface area contributed by atoms with Gasteiger partial charge in [0.2, 0.25) is 6.17 Å². The van der Waals surface area contributed by atoms with Gasteiger partial charge in [0, 0.05) is 28.2 Å². The Morgan fingerprint density at radius 1 is 1.15 bits per heavy atom. The molecule has 0 spiro atoms. The Kier molecular flexibility index (Phi) is 7.00. The number of halogens is 2. The van der Waals surface area contributed by atoms with Crippen molar-refractivity contribution in [2.45, 2.75) is 32.5 Å². The quantitative estimate of drug-likeness (QED) is 0.680. The van der Waals surface area contributed by atoms with Crippen LogP contribution in [0.2, 0.25) is 10.0 Å². The van der Waals surface area contributed by atoms with Crippen molar-refractivity contribution >= 4 is 52.6 Å². The first-order chi connectivity index (χ1) is 15.4. The smallest absolute Gasteiger partial charge is 0.412 e. The number of carboxylic acid groups (broad SMARTS) is 1. The number of nitrogens with zero attached hydrogens (tertiary/aromatic N) is 3. The van der Waals surface area contributed by atoms with Gasteiger partial charge >= 0.3 is 12.1 Å². The molecule has 1 atom stereocenters. The van der Waals surface area contributed by atoms with E-state index < -0.39 is 36.3 Å². The molecule has 1 aliphatic heterocycles. The molecular formula is C23H23Cl2N3O5. The van der Waals surface area contributed by atoms with Gasteiger partial charge in [-0.15, -0.1) is 0 Å². The lowest BCUT2D eigenvalue weighted by Crippen LogP contribution is -2.50. The van der Waals surface area contributed by atoms with Gasteiger partial charge in [0.05, 0.1) is 11.4 Å². The summed E-state index contributed by atoms with van der Waals surface area (Å²) in [7, 11) is 1.37. The standard InChI is InChI=1S/C23H23Cl2N3O5/c1-23(2,3)33-22(32)27(4)20-21(31)28(12-18(29)30)17-10-9-13(24)11-15(17)19(26-20)14-7-5-6-8-16(14)25/h5-11,20H,12H2,1-4H3,(H,29,30). The molecule has 2 amide bonds. The zero-order chi connectivity index (χ0) is 24.5. The summed E-state index contributed by atoms with van der Waals surface area (Å²) in [6.07, 6.45) is -2.20. The molecule has 10 heteroatoms. The first-order valence-corrected chi connectivity index (χ1v) is 10.8. The second-order valence-electron chi connectivity index (χ2n) is 8.40. The molecule has 0 aromatic heterocycles. The number of benzene rings is 2. The Labute approximate surface area is 201 Å². The number of aliphatic carboxylic acids is 1. The van der Waals surface area contributed by atoms with E-state index in [1.807, 2.05) is 0 Å². The van der Waals surface area contributed by atoms with E-state index in [1.54, 1.807) is 63.2 Å². The molecule has 3 rings (SSSR count). The summed E-state index contributed by atoms with van der Waals surface area (Å²) in [5.74, 6) is -1.94. The number of carbonyl (C=O) groups excluding carboxylic acids is 2. The summed E-state index contributed by atoms with van der Waals surface area (Å²) in [6.45, 7) is 4.44. The fourth-order valence-corrected chi connectivity index (χ4v) is 3.69. The molecule has 8 nitrogen and oxygen atoms in total. The first-order valence-electron chi connectivity index (χ1n) is 10.0. The van der Waals surface area contributed by atoms with Crippen LogP contribution in [0.4, 0.5) is 10.5 Å². The highest BCUT2D eigenvalue weighted by atomic mass is 35.5. The van der Waals surface area contributed by atoms with Gasteiger partial charge in [0.25, 0.3) is 5.91 Å². The van der Waals surface area contributed by atoms with Gasteiger partial charge in [-0.05, 0) is 45.0 Å². The number of hydrogen-bond donors (Lipinski definition) is 1. The highest BCUT2D eigenvalue weighted by Crippen LogP contribution is 2.33. The molecule has 0 aliphatic carbocycles. The molecule has 1 N–H and O–H groups in total. The second-order valence-corrected chi connectivity index (χ2v) is 9.25. The highest BCUT2D eigenvalue weighted by molar-refractivity contribution is 6.37. The van der Waals surface area contributed by atoms with Crippen LogP contribution in [0.3, 0.4) is 0 Å². The molecule has 0 radical (unpaired) electrons. The molecule has 1 unspecified atom stereocenters. The van der Waals surface area contributed by atoms with E-state index in [2.05, 4.69) is 4.99 Å². The minimum Gasteiger partial charge on any atom is -0.480 e. The molecule has 2 aromatic carbocycles. The van der Waals surface area contributed by atoms with Gasteiger partial charge < -0.3 is 9.84 Å². The van der Waals surface area contributed by atoms with Gasteiger partial charge in [-0.2, -0.15) is 0 Å². The number of hydrogen-bond acceptors (Lipinski definition) is 5. The summed E-state index contributed by atoms with van der Waals surface area (Å²) in [5, 5.41) is 10.2. The number of fused-ring (bicyclic) bond motifs is 1. The Balaban J connectivity index is 2.25. The average molecular weight is 492 g/mol. The van der Waals surface area contributed by atoms with Crippen molar-refractivity contribution in [3.8, 4) is 0 Å². The summed E-state index contributed by atoms with van der Waals surface area (Å²) in [5.41, 5.74) is 0.664. The van der Waals surface area contributed by atoms with E-state index >= 15 is 0 Å². The lowest BCUT2D eigenvalue weighted by Gasteiger charge is -2.30. The van der Waals surface area contributed by atoms with Crippen LogP contribution in [-0.2, 0) is 14.3 Å². The Morgan fingerprint density at radius 3 is 2.42 bits per heavy atom. The van der Waals surface area contributed by atoms with E-state index in [9.17, 15) is 19.5 Å². The van der Waals surface area contributed by atoms with Crippen molar-refractivity contribution in [3.63, 3.8) is 0 Å². The Morgan fingerprint density at radius 2 is 1.82 bits per heavy atom. The topological polar surface area (TPSA) is 99.5 Å². The lowest BCUT2D eigenvalue weighted by atomic mass is 10.00. The number of ether oxygens (including phenoxy) is 1. The maximum Gasteiger partial charge on any atom is 0.412 e. The molecular weight excluding hydrogens is 469 g/mol. The third kappa shape index (κ3) is 5.46. The van der Waals surface area contributed by atoms with Crippen molar-refractivity contribution in [2.24, 2.45) is 4.99 Å². The molecule has 2 aromatic rings. The fraction of sp³-hybridized carbons (Fsp3) is 0.304. The number of aliphatic imine (C=N–C) groups is 1.